The van der Waals surface area contributed by atoms with Crippen LogP contribution in [0.3, 0.4) is 0 Å². The molecular weight excluding hydrogens is 244 g/mol. The zero-order valence-electron chi connectivity index (χ0n) is 9.87. The van der Waals surface area contributed by atoms with Crippen molar-refractivity contribution in [3.63, 3.8) is 0 Å². The highest BCUT2D eigenvalue weighted by Gasteiger charge is 2.48. The van der Waals surface area contributed by atoms with E-state index < -0.39 is 17.4 Å². The maximum atomic E-state index is 11.9. The molecule has 1 atom stereocenters. The summed E-state index contributed by atoms with van der Waals surface area (Å²) >= 11 is 5.84. The molecule has 1 rings (SSSR count). The number of hydrogen-bond donors (Lipinski definition) is 1. The standard InChI is InChI=1S/C12H17ClO4/c1-2-3-7-17-11(16)12(10(14)15)6-4-5-9(13)8-12/h5H,2-4,6-8H2,1H3,(H,14,15). The van der Waals surface area contributed by atoms with Gasteiger partial charge in [0.25, 0.3) is 0 Å². The number of carboxylic acids is 1. The molecule has 0 radical (unpaired) electrons. The number of hydrogen-bond acceptors (Lipinski definition) is 3. The van der Waals surface area contributed by atoms with Crippen LogP contribution < -0.4 is 0 Å². The number of rotatable bonds is 5. The molecule has 0 saturated carbocycles. The molecule has 0 aromatic heterocycles. The number of carbonyl (C=O) groups excluding carboxylic acids is 1. The Morgan fingerprint density at radius 2 is 2.29 bits per heavy atom. The fraction of sp³-hybridized carbons (Fsp3) is 0.667. The molecule has 96 valence electrons. The SMILES string of the molecule is CCCCOC(=O)C1(C(=O)O)CCC=C(Cl)C1. The first-order valence-corrected chi connectivity index (χ1v) is 6.16. The van der Waals surface area contributed by atoms with Gasteiger partial charge in [0, 0.05) is 11.5 Å². The summed E-state index contributed by atoms with van der Waals surface area (Å²) < 4.78 is 5.03. The number of unbranched alkanes of at least 4 members (excludes halogenated alkanes) is 1. The van der Waals surface area contributed by atoms with Crippen LogP contribution in [0.1, 0.15) is 39.0 Å². The third kappa shape index (κ3) is 3.22. The van der Waals surface area contributed by atoms with Gasteiger partial charge in [0.2, 0.25) is 0 Å². The fourth-order valence-corrected chi connectivity index (χ4v) is 2.15. The second kappa shape index (κ2) is 6.05. The van der Waals surface area contributed by atoms with E-state index in [9.17, 15) is 14.7 Å². The van der Waals surface area contributed by atoms with E-state index in [0.29, 0.717) is 11.5 Å². The minimum absolute atomic E-state index is 0.0366. The maximum Gasteiger partial charge on any atom is 0.323 e. The molecule has 0 amide bonds. The lowest BCUT2D eigenvalue weighted by atomic mass is 9.77. The number of ether oxygens (including phenoxy) is 1. The van der Waals surface area contributed by atoms with E-state index in [0.717, 1.165) is 12.8 Å². The molecule has 1 unspecified atom stereocenters. The molecule has 1 N–H and O–H groups in total. The molecule has 0 saturated heterocycles. The van der Waals surface area contributed by atoms with Gasteiger partial charge in [0.15, 0.2) is 5.41 Å². The van der Waals surface area contributed by atoms with Crippen LogP contribution in [0.2, 0.25) is 0 Å². The summed E-state index contributed by atoms with van der Waals surface area (Å²) in [7, 11) is 0. The number of carboxylic acid groups (broad SMARTS) is 1. The number of carbonyl (C=O) groups is 2. The molecule has 0 aromatic rings. The average molecular weight is 261 g/mol. The molecule has 17 heavy (non-hydrogen) atoms. The quantitative estimate of drug-likeness (QED) is 0.469. The summed E-state index contributed by atoms with van der Waals surface area (Å²) in [5, 5.41) is 9.67. The molecule has 0 bridgehead atoms. The predicted octanol–water partition coefficient (Wildman–Crippen LogP) is 2.71. The normalized spacial score (nSPS) is 24.0. The zero-order valence-corrected chi connectivity index (χ0v) is 10.6. The van der Waals surface area contributed by atoms with Crippen LogP contribution >= 0.6 is 11.6 Å². The molecular formula is C12H17ClO4. The monoisotopic (exact) mass is 260 g/mol. The second-order valence-electron chi connectivity index (χ2n) is 4.24. The largest absolute Gasteiger partial charge is 0.480 e. The summed E-state index contributed by atoms with van der Waals surface area (Å²) in [6.07, 6.45) is 4.17. The van der Waals surface area contributed by atoms with Crippen molar-refractivity contribution in [2.24, 2.45) is 5.41 Å². The van der Waals surface area contributed by atoms with Crippen molar-refractivity contribution in [2.45, 2.75) is 39.0 Å². The summed E-state index contributed by atoms with van der Waals surface area (Å²) in [4.78, 5) is 23.2. The molecule has 5 heteroatoms. The summed E-state index contributed by atoms with van der Waals surface area (Å²) in [5.74, 6) is -1.81. The van der Waals surface area contributed by atoms with Crippen molar-refractivity contribution in [2.75, 3.05) is 6.61 Å². The Hall–Kier alpha value is -1.03. The summed E-state index contributed by atoms with van der Waals surface area (Å²) in [5.41, 5.74) is -1.49. The van der Waals surface area contributed by atoms with E-state index in [2.05, 4.69) is 0 Å². The van der Waals surface area contributed by atoms with E-state index in [1.165, 1.54) is 0 Å². The minimum atomic E-state index is -1.49. The van der Waals surface area contributed by atoms with Crippen LogP contribution in [0.4, 0.5) is 0 Å². The highest BCUT2D eigenvalue weighted by Crippen LogP contribution is 2.39. The lowest BCUT2D eigenvalue weighted by Crippen LogP contribution is -2.42. The van der Waals surface area contributed by atoms with Gasteiger partial charge in [-0.25, -0.2) is 0 Å². The smallest absolute Gasteiger partial charge is 0.323 e. The topological polar surface area (TPSA) is 63.6 Å². The number of halogens is 1. The maximum absolute atomic E-state index is 11.9. The van der Waals surface area contributed by atoms with Crippen LogP contribution in [0, 0.1) is 5.41 Å². The van der Waals surface area contributed by atoms with Gasteiger partial charge >= 0.3 is 11.9 Å². The Kier molecular flexibility index (Phi) is 5.00. The van der Waals surface area contributed by atoms with Gasteiger partial charge in [-0.15, -0.1) is 0 Å². The third-order valence-corrected chi connectivity index (χ3v) is 3.23. The Balaban J connectivity index is 2.75. The first-order valence-electron chi connectivity index (χ1n) is 5.78. The van der Waals surface area contributed by atoms with Crippen molar-refractivity contribution in [1.29, 1.82) is 0 Å². The lowest BCUT2D eigenvalue weighted by molar-refractivity contribution is -0.169. The number of esters is 1. The van der Waals surface area contributed by atoms with E-state index in [4.69, 9.17) is 16.3 Å². The van der Waals surface area contributed by atoms with Crippen LogP contribution in [-0.4, -0.2) is 23.7 Å². The molecule has 0 heterocycles. The van der Waals surface area contributed by atoms with Gasteiger partial charge in [-0.05, 0) is 19.3 Å². The average Bonchev–Trinajstić information content (AvgIpc) is 2.28. The van der Waals surface area contributed by atoms with Gasteiger partial charge in [-0.1, -0.05) is 31.0 Å². The fourth-order valence-electron chi connectivity index (χ4n) is 1.82. The van der Waals surface area contributed by atoms with Crippen LogP contribution in [-0.2, 0) is 14.3 Å². The van der Waals surface area contributed by atoms with Crippen molar-refractivity contribution in [1.82, 2.24) is 0 Å². The van der Waals surface area contributed by atoms with Crippen molar-refractivity contribution >= 4 is 23.5 Å². The van der Waals surface area contributed by atoms with E-state index in [-0.39, 0.29) is 19.4 Å². The number of aliphatic carboxylic acids is 1. The number of allylic oxidation sites excluding steroid dienone is 2. The molecule has 0 spiro atoms. The van der Waals surface area contributed by atoms with Gasteiger partial charge in [-0.3, -0.25) is 9.59 Å². The zero-order chi connectivity index (χ0) is 12.9. The lowest BCUT2D eigenvalue weighted by Gasteiger charge is -2.29. The predicted molar refractivity (Wildman–Crippen MR) is 63.7 cm³/mol. The first kappa shape index (κ1) is 14.0. The van der Waals surface area contributed by atoms with Crippen molar-refractivity contribution in [3.8, 4) is 0 Å². The van der Waals surface area contributed by atoms with Crippen LogP contribution in [0.15, 0.2) is 11.1 Å². The third-order valence-electron chi connectivity index (χ3n) is 2.94. The molecule has 1 aliphatic carbocycles. The molecule has 0 aromatic carbocycles. The highest BCUT2D eigenvalue weighted by atomic mass is 35.5. The van der Waals surface area contributed by atoms with Crippen LogP contribution in [0.25, 0.3) is 0 Å². The minimum Gasteiger partial charge on any atom is -0.480 e. The van der Waals surface area contributed by atoms with E-state index in [1.807, 2.05) is 6.92 Å². The van der Waals surface area contributed by atoms with E-state index in [1.54, 1.807) is 6.08 Å². The Labute approximate surface area is 106 Å². The molecule has 4 nitrogen and oxygen atoms in total. The first-order chi connectivity index (χ1) is 8.03. The van der Waals surface area contributed by atoms with Gasteiger partial charge in [0.1, 0.15) is 0 Å². The second-order valence-corrected chi connectivity index (χ2v) is 4.73. The van der Waals surface area contributed by atoms with Gasteiger partial charge in [-0.2, -0.15) is 0 Å². The van der Waals surface area contributed by atoms with Crippen LogP contribution in [0.5, 0.6) is 0 Å². The van der Waals surface area contributed by atoms with Crippen molar-refractivity contribution < 1.29 is 19.4 Å². The van der Waals surface area contributed by atoms with Crippen molar-refractivity contribution in [3.05, 3.63) is 11.1 Å². The Bertz CT molecular complexity index is 337. The molecule has 0 aliphatic heterocycles. The summed E-state index contributed by atoms with van der Waals surface area (Å²) in [6, 6.07) is 0. The molecule has 1 aliphatic rings. The Morgan fingerprint density at radius 3 is 2.82 bits per heavy atom. The van der Waals surface area contributed by atoms with E-state index >= 15 is 0 Å². The van der Waals surface area contributed by atoms with Gasteiger partial charge in [0.05, 0.1) is 6.61 Å². The summed E-state index contributed by atoms with van der Waals surface area (Å²) in [6.45, 7) is 2.24. The van der Waals surface area contributed by atoms with Gasteiger partial charge < -0.3 is 9.84 Å². The highest BCUT2D eigenvalue weighted by molar-refractivity contribution is 6.30. The Morgan fingerprint density at radius 1 is 1.59 bits per heavy atom. The molecule has 0 fully saturated rings.